The molecule has 0 bridgehead atoms. The number of rotatable bonds is 3. The molecule has 12 heavy (non-hydrogen) atoms. The maximum atomic E-state index is 10.5. The molecule has 0 unspecified atom stereocenters. The number of carboxylic acid groups (broad SMARTS) is 1. The Hall–Kier alpha value is -1.51. The van der Waals surface area contributed by atoms with Gasteiger partial charge in [-0.15, -0.1) is 0 Å². The standard InChI is InChI=1S/C9H12O3/c1-4-7(10)5-8(6(2)3)9(11)12/h4-5,10H,1H2,2-3H3,(H,11,12)/b7-5+. The summed E-state index contributed by atoms with van der Waals surface area (Å²) in [5.74, 6) is -1.20. The highest BCUT2D eigenvalue weighted by Gasteiger charge is 2.05. The first-order valence-electron chi connectivity index (χ1n) is 3.43. The van der Waals surface area contributed by atoms with Crippen molar-refractivity contribution in [2.24, 2.45) is 0 Å². The van der Waals surface area contributed by atoms with Crippen LogP contribution >= 0.6 is 0 Å². The fourth-order valence-electron chi connectivity index (χ4n) is 0.627. The van der Waals surface area contributed by atoms with Crippen molar-refractivity contribution in [3.63, 3.8) is 0 Å². The first-order valence-corrected chi connectivity index (χ1v) is 3.43. The van der Waals surface area contributed by atoms with Crippen molar-refractivity contribution >= 4 is 5.97 Å². The fourth-order valence-corrected chi connectivity index (χ4v) is 0.627. The number of aliphatic hydroxyl groups excluding tert-OH is 1. The summed E-state index contributed by atoms with van der Waals surface area (Å²) >= 11 is 0. The fraction of sp³-hybridized carbons (Fsp3) is 0.222. The minimum atomic E-state index is -1.05. The molecule has 0 fully saturated rings. The highest BCUT2D eigenvalue weighted by molar-refractivity contribution is 5.90. The molecule has 2 N–H and O–H groups in total. The topological polar surface area (TPSA) is 57.5 Å². The molecule has 0 aromatic rings. The van der Waals surface area contributed by atoms with Crippen LogP contribution in [0.4, 0.5) is 0 Å². The van der Waals surface area contributed by atoms with Crippen LogP contribution in [0.15, 0.2) is 35.6 Å². The van der Waals surface area contributed by atoms with E-state index in [0.717, 1.165) is 0 Å². The maximum absolute atomic E-state index is 10.5. The molecule has 0 radical (unpaired) electrons. The lowest BCUT2D eigenvalue weighted by Crippen LogP contribution is -2.00. The molecule has 3 heteroatoms. The van der Waals surface area contributed by atoms with E-state index in [1.807, 2.05) is 0 Å². The van der Waals surface area contributed by atoms with Crippen LogP contribution in [-0.2, 0) is 4.79 Å². The molecule has 0 heterocycles. The summed E-state index contributed by atoms with van der Waals surface area (Å²) in [6.07, 6.45) is 2.36. The Morgan fingerprint density at radius 3 is 2.08 bits per heavy atom. The van der Waals surface area contributed by atoms with E-state index in [0.29, 0.717) is 5.57 Å². The van der Waals surface area contributed by atoms with E-state index >= 15 is 0 Å². The predicted molar refractivity (Wildman–Crippen MR) is 46.9 cm³/mol. The third kappa shape index (κ3) is 3.05. The maximum Gasteiger partial charge on any atom is 0.335 e. The van der Waals surface area contributed by atoms with Gasteiger partial charge in [-0.1, -0.05) is 12.2 Å². The molecule has 0 rings (SSSR count). The molecule has 0 aromatic heterocycles. The summed E-state index contributed by atoms with van der Waals surface area (Å²) < 4.78 is 0. The molecule has 0 aromatic carbocycles. The van der Waals surface area contributed by atoms with E-state index in [4.69, 9.17) is 10.2 Å². The van der Waals surface area contributed by atoms with Crippen LogP contribution < -0.4 is 0 Å². The zero-order valence-electron chi connectivity index (χ0n) is 7.16. The van der Waals surface area contributed by atoms with Crippen molar-refractivity contribution in [3.05, 3.63) is 35.6 Å². The quantitative estimate of drug-likeness (QED) is 0.385. The molecular formula is C9H12O3. The Bertz CT molecular complexity index is 255. The Labute approximate surface area is 71.3 Å². The second-order valence-corrected chi connectivity index (χ2v) is 2.49. The molecule has 0 spiro atoms. The third-order valence-corrected chi connectivity index (χ3v) is 1.27. The van der Waals surface area contributed by atoms with Gasteiger partial charge in [-0.3, -0.25) is 0 Å². The lowest BCUT2D eigenvalue weighted by atomic mass is 10.1. The molecule has 0 saturated carbocycles. The molecule has 0 aliphatic heterocycles. The number of carboxylic acids is 1. The van der Waals surface area contributed by atoms with E-state index in [2.05, 4.69) is 6.58 Å². The van der Waals surface area contributed by atoms with E-state index in [-0.39, 0.29) is 11.3 Å². The van der Waals surface area contributed by atoms with Gasteiger partial charge >= 0.3 is 5.97 Å². The number of aliphatic carboxylic acids is 1. The summed E-state index contributed by atoms with van der Waals surface area (Å²) in [7, 11) is 0. The summed E-state index contributed by atoms with van der Waals surface area (Å²) in [5, 5.41) is 17.6. The van der Waals surface area contributed by atoms with Gasteiger partial charge in [0.15, 0.2) is 0 Å². The number of aliphatic hydroxyl groups is 1. The summed E-state index contributed by atoms with van der Waals surface area (Å²) in [6.45, 7) is 6.62. The molecule has 66 valence electrons. The van der Waals surface area contributed by atoms with Gasteiger partial charge in [-0.05, 0) is 26.0 Å². The van der Waals surface area contributed by atoms with Crippen LogP contribution in [0.1, 0.15) is 13.8 Å². The minimum Gasteiger partial charge on any atom is -0.508 e. The second kappa shape index (κ2) is 4.38. The van der Waals surface area contributed by atoms with Gasteiger partial charge in [0.25, 0.3) is 0 Å². The largest absolute Gasteiger partial charge is 0.508 e. The zero-order valence-corrected chi connectivity index (χ0v) is 7.16. The van der Waals surface area contributed by atoms with Crippen molar-refractivity contribution < 1.29 is 15.0 Å². The Morgan fingerprint density at radius 1 is 1.33 bits per heavy atom. The van der Waals surface area contributed by atoms with E-state index in [1.54, 1.807) is 13.8 Å². The average Bonchev–Trinajstić information content (AvgIpc) is 1.98. The van der Waals surface area contributed by atoms with Gasteiger partial charge in [0.05, 0.1) is 5.57 Å². The SMILES string of the molecule is C=C/C(O)=C\C(C(=O)O)=C(C)C. The summed E-state index contributed by atoms with van der Waals surface area (Å²) in [5.41, 5.74) is 0.725. The van der Waals surface area contributed by atoms with Crippen LogP contribution in [0, 0.1) is 0 Å². The number of carbonyl (C=O) groups is 1. The highest BCUT2D eigenvalue weighted by atomic mass is 16.4. The zero-order chi connectivity index (χ0) is 9.72. The normalized spacial score (nSPS) is 10.7. The third-order valence-electron chi connectivity index (χ3n) is 1.27. The second-order valence-electron chi connectivity index (χ2n) is 2.49. The van der Waals surface area contributed by atoms with Crippen molar-refractivity contribution in [3.8, 4) is 0 Å². The number of hydrogen-bond donors (Lipinski definition) is 2. The Kier molecular flexibility index (Phi) is 3.83. The van der Waals surface area contributed by atoms with Crippen LogP contribution in [0.25, 0.3) is 0 Å². The van der Waals surface area contributed by atoms with Crippen molar-refractivity contribution in [1.82, 2.24) is 0 Å². The Morgan fingerprint density at radius 2 is 1.83 bits per heavy atom. The van der Waals surface area contributed by atoms with Gasteiger partial charge in [-0.2, -0.15) is 0 Å². The van der Waals surface area contributed by atoms with Gasteiger partial charge < -0.3 is 10.2 Å². The molecule has 0 aliphatic rings. The first-order chi connectivity index (χ1) is 5.49. The van der Waals surface area contributed by atoms with E-state index in [1.165, 1.54) is 12.2 Å². The lowest BCUT2D eigenvalue weighted by Gasteiger charge is -1.98. The molecular weight excluding hydrogens is 156 g/mol. The smallest absolute Gasteiger partial charge is 0.335 e. The van der Waals surface area contributed by atoms with Crippen molar-refractivity contribution in [2.45, 2.75) is 13.8 Å². The van der Waals surface area contributed by atoms with Crippen LogP contribution in [0.3, 0.4) is 0 Å². The molecule has 0 amide bonds. The monoisotopic (exact) mass is 168 g/mol. The highest BCUT2D eigenvalue weighted by Crippen LogP contribution is 2.07. The lowest BCUT2D eigenvalue weighted by molar-refractivity contribution is -0.132. The van der Waals surface area contributed by atoms with Gasteiger partial charge in [0.2, 0.25) is 0 Å². The van der Waals surface area contributed by atoms with Crippen LogP contribution in [-0.4, -0.2) is 16.2 Å². The minimum absolute atomic E-state index is 0.0902. The Balaban J connectivity index is 4.94. The molecule has 3 nitrogen and oxygen atoms in total. The molecule has 0 saturated heterocycles. The van der Waals surface area contributed by atoms with Gasteiger partial charge in [0.1, 0.15) is 5.76 Å². The molecule has 0 aliphatic carbocycles. The van der Waals surface area contributed by atoms with E-state index < -0.39 is 5.97 Å². The molecule has 0 atom stereocenters. The van der Waals surface area contributed by atoms with E-state index in [9.17, 15) is 4.79 Å². The van der Waals surface area contributed by atoms with Crippen molar-refractivity contribution in [1.29, 1.82) is 0 Å². The number of allylic oxidation sites excluding steroid dienone is 2. The summed E-state index contributed by atoms with van der Waals surface area (Å²) in [6, 6.07) is 0. The predicted octanol–water partition coefficient (Wildman–Crippen LogP) is 2.04. The van der Waals surface area contributed by atoms with Crippen LogP contribution in [0.2, 0.25) is 0 Å². The van der Waals surface area contributed by atoms with Gasteiger partial charge in [0, 0.05) is 0 Å². The van der Waals surface area contributed by atoms with Gasteiger partial charge in [-0.25, -0.2) is 4.79 Å². The van der Waals surface area contributed by atoms with Crippen molar-refractivity contribution in [2.75, 3.05) is 0 Å². The summed E-state index contributed by atoms with van der Waals surface area (Å²) in [4.78, 5) is 10.5. The van der Waals surface area contributed by atoms with Crippen LogP contribution in [0.5, 0.6) is 0 Å². The first kappa shape index (κ1) is 10.5. The number of hydrogen-bond acceptors (Lipinski definition) is 2. The average molecular weight is 168 g/mol.